The third-order valence-corrected chi connectivity index (χ3v) is 5.57. The summed E-state index contributed by atoms with van der Waals surface area (Å²) in [5.74, 6) is 0.0957. The molecule has 0 bridgehead atoms. The summed E-state index contributed by atoms with van der Waals surface area (Å²) in [6.07, 6.45) is 5.41. The lowest BCUT2D eigenvalue weighted by atomic mass is 9.89. The molecule has 1 aromatic rings. The molecule has 0 radical (unpaired) electrons. The molecule has 1 saturated carbocycles. The first-order chi connectivity index (χ1) is 12.5. The van der Waals surface area contributed by atoms with E-state index in [9.17, 15) is 4.79 Å². The molecule has 2 N–H and O–H groups in total. The fraction of sp³-hybridized carbons (Fsp3) is 0.619. The van der Waals surface area contributed by atoms with Crippen LogP contribution in [0.4, 0.5) is 0 Å². The first-order valence-corrected chi connectivity index (χ1v) is 10.2. The van der Waals surface area contributed by atoms with E-state index in [1.54, 1.807) is 4.90 Å². The Morgan fingerprint density at radius 2 is 1.88 bits per heavy atom. The van der Waals surface area contributed by atoms with Crippen molar-refractivity contribution in [3.05, 3.63) is 35.9 Å². The van der Waals surface area contributed by atoms with Crippen molar-refractivity contribution in [2.75, 3.05) is 13.6 Å². The molecular weight excluding hydrogens is 342 g/mol. The van der Waals surface area contributed by atoms with Gasteiger partial charge in [0.2, 0.25) is 5.91 Å². The Bertz CT molecular complexity index is 578. The predicted octanol–water partition coefficient (Wildman–Crippen LogP) is 3.51. The summed E-state index contributed by atoms with van der Waals surface area (Å²) in [4.78, 5) is 14.8. The Morgan fingerprint density at radius 1 is 1.23 bits per heavy atom. The largest absolute Gasteiger partial charge is 0.375 e. The van der Waals surface area contributed by atoms with Crippen molar-refractivity contribution >= 4 is 23.1 Å². The Kier molecular flexibility index (Phi) is 8.52. The summed E-state index contributed by atoms with van der Waals surface area (Å²) in [7, 11) is 1.85. The molecule has 1 aliphatic carbocycles. The number of carbonyl (C=O) groups excluding carboxylic acids is 1. The Hall–Kier alpha value is -1.46. The van der Waals surface area contributed by atoms with Gasteiger partial charge in [-0.1, -0.05) is 62.3 Å². The SMILES string of the molecule is CCN(C)C(=O)[C@H](C)CC(=S)N[C@H]1CCCC[C@@H]1NCc1ccccc1. The van der Waals surface area contributed by atoms with Gasteiger partial charge in [0.05, 0.1) is 4.99 Å². The molecule has 3 atom stereocenters. The average Bonchev–Trinajstić information content (AvgIpc) is 2.66. The lowest BCUT2D eigenvalue weighted by molar-refractivity contribution is -0.133. The average molecular weight is 376 g/mol. The minimum Gasteiger partial charge on any atom is -0.375 e. The summed E-state index contributed by atoms with van der Waals surface area (Å²) in [6.45, 7) is 5.57. The number of amides is 1. The Balaban J connectivity index is 1.84. The van der Waals surface area contributed by atoms with Gasteiger partial charge in [0, 0.05) is 44.6 Å². The molecule has 2 rings (SSSR count). The minimum absolute atomic E-state index is 0.0701. The first kappa shape index (κ1) is 20.8. The smallest absolute Gasteiger partial charge is 0.225 e. The highest BCUT2D eigenvalue weighted by Crippen LogP contribution is 2.20. The van der Waals surface area contributed by atoms with Gasteiger partial charge in [-0.15, -0.1) is 0 Å². The van der Waals surface area contributed by atoms with Gasteiger partial charge >= 0.3 is 0 Å². The van der Waals surface area contributed by atoms with Crippen LogP contribution in [0.15, 0.2) is 30.3 Å². The van der Waals surface area contributed by atoms with Gasteiger partial charge in [0.1, 0.15) is 0 Å². The molecule has 0 spiro atoms. The van der Waals surface area contributed by atoms with Crippen LogP contribution in [0.3, 0.4) is 0 Å². The zero-order valence-corrected chi connectivity index (χ0v) is 17.1. The van der Waals surface area contributed by atoms with Crippen molar-refractivity contribution in [1.29, 1.82) is 0 Å². The number of carbonyl (C=O) groups is 1. The van der Waals surface area contributed by atoms with Gasteiger partial charge in [0.15, 0.2) is 0 Å². The minimum atomic E-state index is -0.0701. The van der Waals surface area contributed by atoms with Gasteiger partial charge in [-0.3, -0.25) is 4.79 Å². The van der Waals surface area contributed by atoms with Gasteiger partial charge in [0.25, 0.3) is 0 Å². The molecule has 0 heterocycles. The normalized spacial score (nSPS) is 21.0. The topological polar surface area (TPSA) is 44.4 Å². The van der Waals surface area contributed by atoms with Crippen molar-refractivity contribution < 1.29 is 4.79 Å². The van der Waals surface area contributed by atoms with Crippen molar-refractivity contribution in [3.8, 4) is 0 Å². The van der Waals surface area contributed by atoms with Crippen LogP contribution in [0.25, 0.3) is 0 Å². The molecule has 0 unspecified atom stereocenters. The van der Waals surface area contributed by atoms with E-state index in [1.807, 2.05) is 27.0 Å². The van der Waals surface area contributed by atoms with E-state index in [0.717, 1.165) is 24.5 Å². The van der Waals surface area contributed by atoms with Crippen molar-refractivity contribution in [3.63, 3.8) is 0 Å². The second-order valence-corrected chi connectivity index (χ2v) is 7.88. The van der Waals surface area contributed by atoms with Crippen molar-refractivity contribution in [2.45, 2.75) is 64.6 Å². The summed E-state index contributed by atoms with van der Waals surface area (Å²) < 4.78 is 0. The van der Waals surface area contributed by atoms with Crippen LogP contribution in [0, 0.1) is 5.92 Å². The van der Waals surface area contributed by atoms with Gasteiger partial charge < -0.3 is 15.5 Å². The zero-order valence-electron chi connectivity index (χ0n) is 16.3. The van der Waals surface area contributed by atoms with E-state index < -0.39 is 0 Å². The maximum Gasteiger partial charge on any atom is 0.225 e. The fourth-order valence-corrected chi connectivity index (χ4v) is 3.96. The van der Waals surface area contributed by atoms with Crippen molar-refractivity contribution in [1.82, 2.24) is 15.5 Å². The van der Waals surface area contributed by atoms with Crippen molar-refractivity contribution in [2.24, 2.45) is 5.92 Å². The summed E-state index contributed by atoms with van der Waals surface area (Å²) in [6, 6.07) is 11.3. The molecule has 1 fully saturated rings. The summed E-state index contributed by atoms with van der Waals surface area (Å²) in [5.41, 5.74) is 1.31. The molecule has 1 amide bonds. The Labute approximate surface area is 163 Å². The highest BCUT2D eigenvalue weighted by atomic mass is 32.1. The van der Waals surface area contributed by atoms with E-state index in [2.05, 4.69) is 34.9 Å². The molecule has 0 aromatic heterocycles. The number of nitrogens with one attached hydrogen (secondary N) is 2. The van der Waals surface area contributed by atoms with Crippen LogP contribution in [-0.2, 0) is 11.3 Å². The monoisotopic (exact) mass is 375 g/mol. The first-order valence-electron chi connectivity index (χ1n) is 9.83. The Morgan fingerprint density at radius 3 is 2.54 bits per heavy atom. The van der Waals surface area contributed by atoms with E-state index in [1.165, 1.54) is 24.8 Å². The highest BCUT2D eigenvalue weighted by Gasteiger charge is 2.26. The van der Waals surface area contributed by atoms with Crippen LogP contribution in [0.1, 0.15) is 51.5 Å². The number of hydrogen-bond acceptors (Lipinski definition) is 3. The molecule has 0 saturated heterocycles. The van der Waals surface area contributed by atoms with E-state index in [-0.39, 0.29) is 11.8 Å². The number of nitrogens with zero attached hydrogens (tertiary/aromatic N) is 1. The maximum absolute atomic E-state index is 12.3. The van der Waals surface area contributed by atoms with Crippen LogP contribution < -0.4 is 10.6 Å². The molecule has 144 valence electrons. The third kappa shape index (κ3) is 6.36. The van der Waals surface area contributed by atoms with Crippen LogP contribution >= 0.6 is 12.2 Å². The van der Waals surface area contributed by atoms with Crippen LogP contribution in [0.2, 0.25) is 0 Å². The number of rotatable bonds is 8. The van der Waals surface area contributed by atoms with E-state index in [4.69, 9.17) is 12.2 Å². The van der Waals surface area contributed by atoms with Gasteiger partial charge in [-0.2, -0.15) is 0 Å². The number of thiocarbonyl (C=S) groups is 1. The second-order valence-electron chi connectivity index (χ2n) is 7.39. The van der Waals surface area contributed by atoms with Gasteiger partial charge in [-0.05, 0) is 25.3 Å². The number of benzene rings is 1. The van der Waals surface area contributed by atoms with Crippen LogP contribution in [-0.4, -0.2) is 41.5 Å². The quantitative estimate of drug-likeness (QED) is 0.683. The molecule has 26 heavy (non-hydrogen) atoms. The third-order valence-electron chi connectivity index (χ3n) is 5.29. The lowest BCUT2D eigenvalue weighted by Crippen LogP contribution is -2.51. The molecule has 4 nitrogen and oxygen atoms in total. The molecule has 1 aromatic carbocycles. The van der Waals surface area contributed by atoms with E-state index in [0.29, 0.717) is 18.5 Å². The van der Waals surface area contributed by atoms with Crippen LogP contribution in [0.5, 0.6) is 0 Å². The molecule has 5 heteroatoms. The highest BCUT2D eigenvalue weighted by molar-refractivity contribution is 7.80. The summed E-state index contributed by atoms with van der Waals surface area (Å²) in [5, 5.41) is 7.25. The summed E-state index contributed by atoms with van der Waals surface area (Å²) >= 11 is 5.57. The maximum atomic E-state index is 12.3. The van der Waals surface area contributed by atoms with Gasteiger partial charge in [-0.25, -0.2) is 0 Å². The standard InChI is InChI=1S/C21H33N3OS/c1-4-24(3)21(25)16(2)14-20(26)23-19-13-9-8-12-18(19)22-15-17-10-6-5-7-11-17/h5-7,10-11,16,18-19,22H,4,8-9,12-15H2,1-3H3,(H,23,26)/t16-,18+,19+/m1/s1. The number of hydrogen-bond donors (Lipinski definition) is 2. The zero-order chi connectivity index (χ0) is 18.9. The van der Waals surface area contributed by atoms with E-state index >= 15 is 0 Å². The predicted molar refractivity (Wildman–Crippen MR) is 112 cm³/mol. The molecule has 0 aliphatic heterocycles. The molecular formula is C21H33N3OS. The lowest BCUT2D eigenvalue weighted by Gasteiger charge is -2.34. The fourth-order valence-electron chi connectivity index (χ4n) is 3.56. The second kappa shape index (κ2) is 10.6. The molecule has 1 aliphatic rings.